The molecular formula is C14H18FN. The summed E-state index contributed by atoms with van der Waals surface area (Å²) in [6.07, 6.45) is 0. The monoisotopic (exact) mass is 219 g/mol. The molecule has 1 N–H and O–H groups in total. The number of halogens is 1. The Labute approximate surface area is 95.7 Å². The topological polar surface area (TPSA) is 15.8 Å². The summed E-state index contributed by atoms with van der Waals surface area (Å²) in [4.78, 5) is 3.37. The van der Waals surface area contributed by atoms with E-state index in [0.717, 1.165) is 27.7 Å². The SMILES string of the molecule is Cc1ccc(F)c2c(C)c(C(C)(C)C)[nH]c12. The van der Waals surface area contributed by atoms with Gasteiger partial charge in [0.05, 0.1) is 5.52 Å². The van der Waals surface area contributed by atoms with Crippen LogP contribution in [0.25, 0.3) is 10.9 Å². The molecule has 0 radical (unpaired) electrons. The molecule has 0 saturated carbocycles. The minimum absolute atomic E-state index is 0.0159. The molecule has 0 aliphatic heterocycles. The zero-order valence-corrected chi connectivity index (χ0v) is 10.5. The zero-order valence-electron chi connectivity index (χ0n) is 10.5. The van der Waals surface area contributed by atoms with Crippen molar-refractivity contribution in [3.8, 4) is 0 Å². The van der Waals surface area contributed by atoms with Gasteiger partial charge in [0.2, 0.25) is 0 Å². The molecule has 0 fully saturated rings. The fraction of sp³-hybridized carbons (Fsp3) is 0.429. The van der Waals surface area contributed by atoms with Crippen molar-refractivity contribution < 1.29 is 4.39 Å². The van der Waals surface area contributed by atoms with Crippen LogP contribution in [-0.2, 0) is 5.41 Å². The van der Waals surface area contributed by atoms with Crippen LogP contribution in [-0.4, -0.2) is 4.98 Å². The first-order valence-corrected chi connectivity index (χ1v) is 5.60. The molecule has 0 saturated heterocycles. The lowest BCUT2D eigenvalue weighted by Gasteiger charge is -2.17. The van der Waals surface area contributed by atoms with Crippen molar-refractivity contribution in [1.29, 1.82) is 0 Å². The van der Waals surface area contributed by atoms with Gasteiger partial charge in [-0.05, 0) is 31.0 Å². The molecule has 1 heterocycles. The molecule has 0 spiro atoms. The van der Waals surface area contributed by atoms with Gasteiger partial charge in [0.15, 0.2) is 0 Å². The normalized spacial score (nSPS) is 12.4. The van der Waals surface area contributed by atoms with E-state index in [1.54, 1.807) is 6.07 Å². The molecule has 1 nitrogen and oxygen atoms in total. The van der Waals surface area contributed by atoms with Crippen molar-refractivity contribution in [2.75, 3.05) is 0 Å². The summed E-state index contributed by atoms with van der Waals surface area (Å²) in [5, 5.41) is 0.741. The van der Waals surface area contributed by atoms with Crippen molar-refractivity contribution in [1.82, 2.24) is 4.98 Å². The molecule has 2 heteroatoms. The Morgan fingerprint density at radius 2 is 1.75 bits per heavy atom. The maximum absolute atomic E-state index is 13.8. The number of fused-ring (bicyclic) bond motifs is 1. The number of rotatable bonds is 0. The third kappa shape index (κ3) is 1.53. The van der Waals surface area contributed by atoms with Crippen molar-refractivity contribution >= 4 is 10.9 Å². The van der Waals surface area contributed by atoms with E-state index in [1.807, 2.05) is 19.9 Å². The molecule has 2 rings (SSSR count). The van der Waals surface area contributed by atoms with Gasteiger partial charge in [-0.2, -0.15) is 0 Å². The van der Waals surface area contributed by atoms with E-state index in [1.165, 1.54) is 0 Å². The van der Waals surface area contributed by atoms with Crippen LogP contribution in [0.15, 0.2) is 12.1 Å². The summed E-state index contributed by atoms with van der Waals surface area (Å²) in [6.45, 7) is 10.4. The molecule has 0 unspecified atom stereocenters. The summed E-state index contributed by atoms with van der Waals surface area (Å²) in [7, 11) is 0. The minimum atomic E-state index is -0.134. The Bertz CT molecular complexity index is 544. The Morgan fingerprint density at radius 1 is 1.12 bits per heavy atom. The molecule has 86 valence electrons. The van der Waals surface area contributed by atoms with Gasteiger partial charge in [0.1, 0.15) is 5.82 Å². The van der Waals surface area contributed by atoms with Crippen LogP contribution in [0.1, 0.15) is 37.6 Å². The van der Waals surface area contributed by atoms with Gasteiger partial charge in [-0.1, -0.05) is 26.8 Å². The van der Waals surface area contributed by atoms with Crippen LogP contribution in [0.5, 0.6) is 0 Å². The van der Waals surface area contributed by atoms with Gasteiger partial charge in [-0.3, -0.25) is 0 Å². The summed E-state index contributed by atoms with van der Waals surface area (Å²) in [6, 6.07) is 3.37. The van der Waals surface area contributed by atoms with Crippen LogP contribution >= 0.6 is 0 Å². The highest BCUT2D eigenvalue weighted by Gasteiger charge is 2.22. The molecule has 16 heavy (non-hydrogen) atoms. The minimum Gasteiger partial charge on any atom is -0.357 e. The lowest BCUT2D eigenvalue weighted by Crippen LogP contribution is -2.12. The number of nitrogens with one attached hydrogen (secondary N) is 1. The van der Waals surface area contributed by atoms with E-state index in [0.29, 0.717) is 0 Å². The zero-order chi connectivity index (χ0) is 12.1. The van der Waals surface area contributed by atoms with Crippen LogP contribution in [0.2, 0.25) is 0 Å². The molecule has 1 aromatic heterocycles. The maximum atomic E-state index is 13.8. The van der Waals surface area contributed by atoms with Gasteiger partial charge in [0.25, 0.3) is 0 Å². The van der Waals surface area contributed by atoms with E-state index in [-0.39, 0.29) is 11.2 Å². The maximum Gasteiger partial charge on any atom is 0.132 e. The Hall–Kier alpha value is -1.31. The standard InChI is InChI=1S/C14H18FN/c1-8-6-7-10(15)11-9(2)13(14(3,4)5)16-12(8)11/h6-7,16H,1-5H3. The fourth-order valence-electron chi connectivity index (χ4n) is 2.30. The third-order valence-electron chi connectivity index (χ3n) is 3.11. The van der Waals surface area contributed by atoms with Crippen molar-refractivity contribution in [3.05, 3.63) is 34.8 Å². The fourth-order valence-corrected chi connectivity index (χ4v) is 2.30. The molecule has 0 aliphatic rings. The van der Waals surface area contributed by atoms with Crippen molar-refractivity contribution in [2.45, 2.75) is 40.0 Å². The number of aromatic amines is 1. The summed E-state index contributed by atoms with van der Waals surface area (Å²) in [5.74, 6) is -0.134. The lowest BCUT2D eigenvalue weighted by atomic mass is 9.89. The van der Waals surface area contributed by atoms with Gasteiger partial charge in [-0.25, -0.2) is 4.39 Å². The van der Waals surface area contributed by atoms with Gasteiger partial charge >= 0.3 is 0 Å². The predicted molar refractivity (Wildman–Crippen MR) is 66.4 cm³/mol. The van der Waals surface area contributed by atoms with Crippen LogP contribution < -0.4 is 0 Å². The van der Waals surface area contributed by atoms with Gasteiger partial charge in [-0.15, -0.1) is 0 Å². The Kier molecular flexibility index (Phi) is 2.33. The predicted octanol–water partition coefficient (Wildman–Crippen LogP) is 4.22. The van der Waals surface area contributed by atoms with Crippen LogP contribution in [0.3, 0.4) is 0 Å². The molecule has 2 aromatic rings. The van der Waals surface area contributed by atoms with E-state index in [2.05, 4.69) is 25.8 Å². The van der Waals surface area contributed by atoms with E-state index in [4.69, 9.17) is 0 Å². The van der Waals surface area contributed by atoms with Crippen LogP contribution in [0.4, 0.5) is 4.39 Å². The van der Waals surface area contributed by atoms with E-state index < -0.39 is 0 Å². The molecule has 1 aromatic carbocycles. The highest BCUT2D eigenvalue weighted by atomic mass is 19.1. The average molecular weight is 219 g/mol. The smallest absolute Gasteiger partial charge is 0.132 e. The largest absolute Gasteiger partial charge is 0.357 e. The van der Waals surface area contributed by atoms with Crippen molar-refractivity contribution in [3.63, 3.8) is 0 Å². The highest BCUT2D eigenvalue weighted by molar-refractivity contribution is 5.88. The first kappa shape index (κ1) is 11.2. The van der Waals surface area contributed by atoms with E-state index >= 15 is 0 Å². The number of aryl methyl sites for hydroxylation is 2. The summed E-state index contributed by atoms with van der Waals surface area (Å²) in [5.41, 5.74) is 4.19. The highest BCUT2D eigenvalue weighted by Crippen LogP contribution is 2.33. The first-order chi connectivity index (χ1) is 7.32. The first-order valence-electron chi connectivity index (χ1n) is 5.60. The number of hydrogen-bond donors (Lipinski definition) is 1. The third-order valence-corrected chi connectivity index (χ3v) is 3.11. The van der Waals surface area contributed by atoms with Gasteiger partial charge < -0.3 is 4.98 Å². The number of H-pyrrole nitrogens is 1. The van der Waals surface area contributed by atoms with Gasteiger partial charge in [0, 0.05) is 16.5 Å². The second kappa shape index (κ2) is 3.34. The van der Waals surface area contributed by atoms with Crippen LogP contribution in [0, 0.1) is 19.7 Å². The molecule has 0 aliphatic carbocycles. The molecule has 0 atom stereocenters. The number of hydrogen-bond acceptors (Lipinski definition) is 0. The lowest BCUT2D eigenvalue weighted by molar-refractivity contribution is 0.570. The van der Waals surface area contributed by atoms with E-state index in [9.17, 15) is 4.39 Å². The molecule has 0 amide bonds. The Morgan fingerprint density at radius 3 is 2.25 bits per heavy atom. The second-order valence-corrected chi connectivity index (χ2v) is 5.49. The summed E-state index contributed by atoms with van der Waals surface area (Å²) >= 11 is 0. The summed E-state index contributed by atoms with van der Waals surface area (Å²) < 4.78 is 13.8. The van der Waals surface area contributed by atoms with Crippen molar-refractivity contribution in [2.24, 2.45) is 0 Å². The quantitative estimate of drug-likeness (QED) is 0.682. The average Bonchev–Trinajstić information content (AvgIpc) is 2.51. The molecular weight excluding hydrogens is 201 g/mol. The Balaban J connectivity index is 2.88. The second-order valence-electron chi connectivity index (χ2n) is 5.49. The number of aromatic nitrogens is 1. The number of benzene rings is 1. The molecule has 0 bridgehead atoms.